The van der Waals surface area contributed by atoms with E-state index in [1.54, 1.807) is 7.11 Å². The predicted molar refractivity (Wildman–Crippen MR) is 124 cm³/mol. The summed E-state index contributed by atoms with van der Waals surface area (Å²) in [5, 5.41) is 12.6. The second-order valence-electron chi connectivity index (χ2n) is 8.50. The van der Waals surface area contributed by atoms with Crippen LogP contribution in [-0.4, -0.2) is 56.0 Å². The first-order valence-corrected chi connectivity index (χ1v) is 11.1. The van der Waals surface area contributed by atoms with E-state index in [-0.39, 0.29) is 17.9 Å². The molecule has 32 heavy (non-hydrogen) atoms. The zero-order chi connectivity index (χ0) is 22.7. The van der Waals surface area contributed by atoms with Crippen LogP contribution in [0.3, 0.4) is 0 Å². The summed E-state index contributed by atoms with van der Waals surface area (Å²) in [6, 6.07) is 18.2. The molecule has 0 aliphatic carbocycles. The van der Waals surface area contributed by atoms with Gasteiger partial charge in [0.05, 0.1) is 30.5 Å². The number of carbonyl (C=O) groups is 1. The van der Waals surface area contributed by atoms with Crippen LogP contribution in [0.1, 0.15) is 41.5 Å². The van der Waals surface area contributed by atoms with Crippen LogP contribution in [-0.2, 0) is 4.79 Å². The van der Waals surface area contributed by atoms with Crippen molar-refractivity contribution in [3.05, 3.63) is 77.0 Å². The molecule has 0 aromatic heterocycles. The highest BCUT2D eigenvalue weighted by molar-refractivity contribution is 5.94. The third-order valence-electron chi connectivity index (χ3n) is 6.76. The Labute approximate surface area is 190 Å². The first-order valence-electron chi connectivity index (χ1n) is 11.1. The molecule has 2 heterocycles. The highest BCUT2D eigenvalue weighted by Crippen LogP contribution is 2.42. The van der Waals surface area contributed by atoms with Crippen LogP contribution < -0.4 is 10.1 Å². The molecule has 2 unspecified atom stereocenters. The second kappa shape index (κ2) is 9.46. The summed E-state index contributed by atoms with van der Waals surface area (Å²) in [6.07, 6.45) is 4.18. The van der Waals surface area contributed by atoms with Gasteiger partial charge in [-0.05, 0) is 61.4 Å². The fourth-order valence-electron chi connectivity index (χ4n) is 4.82. The lowest BCUT2D eigenvalue weighted by atomic mass is 9.82. The molecule has 2 aliphatic heterocycles. The summed E-state index contributed by atoms with van der Waals surface area (Å²) in [4.78, 5) is 17.6. The number of ether oxygens (including phenoxy) is 1. The monoisotopic (exact) mass is 430 g/mol. The summed E-state index contributed by atoms with van der Waals surface area (Å²) in [6.45, 7) is 1.73. The van der Waals surface area contributed by atoms with E-state index < -0.39 is 0 Å². The Morgan fingerprint density at radius 1 is 1.03 bits per heavy atom. The van der Waals surface area contributed by atoms with E-state index in [0.29, 0.717) is 11.6 Å². The third kappa shape index (κ3) is 4.21. The summed E-state index contributed by atoms with van der Waals surface area (Å²) < 4.78 is 5.32. The molecule has 2 aliphatic rings. The van der Waals surface area contributed by atoms with Gasteiger partial charge in [0.25, 0.3) is 5.91 Å². The molecule has 1 amide bonds. The van der Waals surface area contributed by atoms with Crippen molar-refractivity contribution in [2.24, 2.45) is 0 Å². The molecule has 4 rings (SSSR count). The Balaban J connectivity index is 1.74. The number of likely N-dealkylation sites (N-methyl/N-ethyl adjacent to an activating group) is 1. The maximum Gasteiger partial charge on any atom is 0.270 e. The number of likely N-dealkylation sites (tertiary alicyclic amines) is 1. The topological polar surface area (TPSA) is 68.6 Å². The molecular formula is C26H30N4O2. The summed E-state index contributed by atoms with van der Waals surface area (Å²) in [5.74, 6) is 0.826. The van der Waals surface area contributed by atoms with Crippen molar-refractivity contribution in [2.75, 3.05) is 34.3 Å². The molecule has 2 aromatic rings. The standard InChI is InChI=1S/C26H30N4O2/c1-28-21-12-14-30(15-13-21)24-16-23(19-6-4-18(17-27)5-7-19)25(29(2)26(24)31)20-8-10-22(32-3)11-9-20/h4-11,16,21,23,25,28H,12-15H2,1-3H3. The van der Waals surface area contributed by atoms with Gasteiger partial charge >= 0.3 is 0 Å². The van der Waals surface area contributed by atoms with Crippen molar-refractivity contribution in [2.45, 2.75) is 30.8 Å². The zero-order valence-corrected chi connectivity index (χ0v) is 18.9. The average molecular weight is 431 g/mol. The van der Waals surface area contributed by atoms with E-state index in [2.05, 4.69) is 22.4 Å². The number of nitriles is 1. The number of hydrogen-bond acceptors (Lipinski definition) is 5. The van der Waals surface area contributed by atoms with Crippen LogP contribution >= 0.6 is 0 Å². The number of rotatable bonds is 5. The SMILES string of the molecule is CNC1CCN(C2=CC(c3ccc(C#N)cc3)C(c3ccc(OC)cc3)N(C)C2=O)CC1. The molecule has 1 saturated heterocycles. The summed E-state index contributed by atoms with van der Waals surface area (Å²) >= 11 is 0. The maximum atomic E-state index is 13.5. The van der Waals surface area contributed by atoms with Crippen LogP contribution in [0.15, 0.2) is 60.3 Å². The highest BCUT2D eigenvalue weighted by atomic mass is 16.5. The van der Waals surface area contributed by atoms with E-state index in [1.165, 1.54) is 0 Å². The Kier molecular flexibility index (Phi) is 6.48. The number of nitrogens with zero attached hydrogens (tertiary/aromatic N) is 3. The summed E-state index contributed by atoms with van der Waals surface area (Å²) in [5.41, 5.74) is 3.56. The largest absolute Gasteiger partial charge is 0.497 e. The van der Waals surface area contributed by atoms with E-state index in [1.807, 2.05) is 67.5 Å². The molecule has 2 aromatic carbocycles. The molecule has 166 valence electrons. The molecule has 1 N–H and O–H groups in total. The number of benzene rings is 2. The van der Waals surface area contributed by atoms with Crippen LogP contribution in [0.25, 0.3) is 0 Å². The van der Waals surface area contributed by atoms with Gasteiger partial charge in [0.1, 0.15) is 5.75 Å². The molecular weight excluding hydrogens is 400 g/mol. The van der Waals surface area contributed by atoms with Crippen LogP contribution in [0.2, 0.25) is 0 Å². The summed E-state index contributed by atoms with van der Waals surface area (Å²) in [7, 11) is 5.54. The Bertz CT molecular complexity index is 1020. The van der Waals surface area contributed by atoms with Gasteiger partial charge in [-0.3, -0.25) is 4.79 Å². The lowest BCUT2D eigenvalue weighted by Crippen LogP contribution is -2.47. The first kappa shape index (κ1) is 21.9. The van der Waals surface area contributed by atoms with Gasteiger partial charge < -0.3 is 19.9 Å². The minimum atomic E-state index is -0.139. The van der Waals surface area contributed by atoms with Gasteiger partial charge in [-0.2, -0.15) is 5.26 Å². The highest BCUT2D eigenvalue weighted by Gasteiger charge is 2.38. The maximum absolute atomic E-state index is 13.5. The lowest BCUT2D eigenvalue weighted by Gasteiger charge is -2.43. The molecule has 1 fully saturated rings. The second-order valence-corrected chi connectivity index (χ2v) is 8.50. The molecule has 6 nitrogen and oxygen atoms in total. The molecule has 6 heteroatoms. The lowest BCUT2D eigenvalue weighted by molar-refractivity contribution is -0.131. The van der Waals surface area contributed by atoms with Crippen LogP contribution in [0.4, 0.5) is 0 Å². The van der Waals surface area contributed by atoms with Crippen molar-refractivity contribution in [3.63, 3.8) is 0 Å². The number of piperidine rings is 1. The minimum Gasteiger partial charge on any atom is -0.497 e. The number of amides is 1. The fourth-order valence-corrected chi connectivity index (χ4v) is 4.82. The first-order chi connectivity index (χ1) is 15.5. The van der Waals surface area contributed by atoms with Gasteiger partial charge in [-0.25, -0.2) is 0 Å². The predicted octanol–water partition coefficient (Wildman–Crippen LogP) is 3.43. The van der Waals surface area contributed by atoms with Gasteiger partial charge in [-0.15, -0.1) is 0 Å². The molecule has 0 spiro atoms. The van der Waals surface area contributed by atoms with Crippen molar-refractivity contribution < 1.29 is 9.53 Å². The van der Waals surface area contributed by atoms with E-state index in [4.69, 9.17) is 4.74 Å². The van der Waals surface area contributed by atoms with Gasteiger partial charge in [0.2, 0.25) is 0 Å². The number of nitrogens with one attached hydrogen (secondary N) is 1. The van der Waals surface area contributed by atoms with Crippen molar-refractivity contribution in [3.8, 4) is 11.8 Å². The Morgan fingerprint density at radius 3 is 2.22 bits per heavy atom. The third-order valence-corrected chi connectivity index (χ3v) is 6.76. The molecule has 0 radical (unpaired) electrons. The van der Waals surface area contributed by atoms with Crippen molar-refractivity contribution in [1.29, 1.82) is 5.26 Å². The number of carbonyl (C=O) groups excluding carboxylic acids is 1. The van der Waals surface area contributed by atoms with Gasteiger partial charge in [0, 0.05) is 32.1 Å². The number of hydrogen-bond donors (Lipinski definition) is 1. The van der Waals surface area contributed by atoms with Crippen molar-refractivity contribution in [1.82, 2.24) is 15.1 Å². The Morgan fingerprint density at radius 2 is 1.66 bits per heavy atom. The number of methoxy groups -OCH3 is 1. The zero-order valence-electron chi connectivity index (χ0n) is 18.9. The van der Waals surface area contributed by atoms with Crippen LogP contribution in [0, 0.1) is 11.3 Å². The Hall–Kier alpha value is -3.30. The van der Waals surface area contributed by atoms with E-state index >= 15 is 0 Å². The van der Waals surface area contributed by atoms with E-state index in [0.717, 1.165) is 48.5 Å². The normalized spacial score (nSPS) is 21.8. The fraction of sp³-hybridized carbons (Fsp3) is 0.385. The van der Waals surface area contributed by atoms with Gasteiger partial charge in [0.15, 0.2) is 0 Å². The van der Waals surface area contributed by atoms with Gasteiger partial charge in [-0.1, -0.05) is 24.3 Å². The average Bonchev–Trinajstić information content (AvgIpc) is 2.86. The van der Waals surface area contributed by atoms with Crippen LogP contribution in [0.5, 0.6) is 5.75 Å². The van der Waals surface area contributed by atoms with E-state index in [9.17, 15) is 10.1 Å². The quantitative estimate of drug-likeness (QED) is 0.787. The van der Waals surface area contributed by atoms with Crippen molar-refractivity contribution >= 4 is 5.91 Å². The molecule has 0 bridgehead atoms. The minimum absolute atomic E-state index is 0.0177. The molecule has 0 saturated carbocycles. The molecule has 2 atom stereocenters. The smallest absolute Gasteiger partial charge is 0.270 e.